The van der Waals surface area contributed by atoms with Crippen LogP contribution in [0.4, 0.5) is 0 Å². The standard InChI is InChI=1S/C48H64Si.C39H60Si.C38H60Si.12CH3.3Hf/c1-31-25-33-27-39-41(47(7,8)23-21-45(39,3)4)29-37(33)43(31)49(35-17-13-11-14-18-35,36-19-15-12-16-20-36)44-32(2)26-34-28-40-42(30-38(34)44)48(9,10)24-22-46(40,5)6;1-24-18-26-20-30-32(38(7,8)14-12-36(30,3)4)22-28(26)34(24)40(16-11-17-40)35-25(2)19-27-21-31-33(23-29(27)35)39(9,10)15-13-37(31,5)6;1-23-17-25-19-29-31(37(7,8)15-13-35(29,3)4)21-27(25)33(23)39(11,12)34-24(2)18-26-20-30-32(22-28(26)34)38(9,10)16-14-36(30,5)6;;;;;;;;;;;;;;;/h11-20,27-34,37-38,43-44H,21-26H2,1-10H3;20-29,34-35H,11-19H2,1-10H3;19-28,33-34H,13-18H2,1-12H3;12*1H3;;;/q;;;12*-1;3*+4. The molecule has 18 aliphatic carbocycles. The van der Waals surface area contributed by atoms with Crippen LogP contribution in [0, 0.1) is 261 Å². The van der Waals surface area contributed by atoms with Gasteiger partial charge in [0.05, 0.1) is 16.1 Å². The van der Waals surface area contributed by atoms with Crippen LogP contribution < -0.4 is 10.4 Å². The van der Waals surface area contributed by atoms with Crippen molar-refractivity contribution in [3.8, 4) is 0 Å². The Hall–Kier alpha value is -1.42. The third-order valence-corrected chi connectivity index (χ3v) is 63.1. The van der Waals surface area contributed by atoms with Crippen LogP contribution in [-0.4, -0.2) is 24.2 Å². The van der Waals surface area contributed by atoms with Gasteiger partial charge in [0.2, 0.25) is 0 Å². The minimum Gasteiger partial charge on any atom is -0.358 e. The Morgan fingerprint density at radius 3 is 0.566 bits per heavy atom. The fourth-order valence-electron chi connectivity index (χ4n) is 36.8. The normalized spacial score (nSPS) is 36.9. The van der Waals surface area contributed by atoms with Crippen molar-refractivity contribution in [2.75, 3.05) is 0 Å². The van der Waals surface area contributed by atoms with E-state index < -0.39 is 24.2 Å². The molecule has 19 aliphatic rings. The predicted molar refractivity (Wildman–Crippen MR) is 637 cm³/mol. The third-order valence-electron chi connectivity index (χ3n) is 44.1. The summed E-state index contributed by atoms with van der Waals surface area (Å²) in [6.45, 7) is 82.6. The van der Waals surface area contributed by atoms with Crippen LogP contribution in [-0.2, 0) is 77.5 Å². The van der Waals surface area contributed by atoms with E-state index in [1.165, 1.54) is 122 Å². The van der Waals surface area contributed by atoms with Gasteiger partial charge in [0, 0.05) is 0 Å². The van der Waals surface area contributed by atoms with Gasteiger partial charge in [0.15, 0.2) is 0 Å². The average Bonchev–Trinajstić information content (AvgIpc) is 1.54. The SMILES string of the molecule is CC1CC2C=C3C(=CC2C1[Si](C)(C)C1C(C)CC2C=C4C(=CC21)C(C)(C)CCC4(C)C)C(C)(C)CCC3(C)C.CC1CC2C=C3C(=CC2C1[Si](c1ccccc1)(c1ccccc1)C1C(C)CC2C=C4C(=CC21)C(C)(C)CCC4(C)C)C(C)(C)CCC3(C)C.CC1CC2C=C3C(=CC2C1[Si]1(C2C(C)CC4C=C5C(=CC42)C(C)(C)CCC5(C)C)CCC1)C(C)(C)CCC3(C)C.[CH3-].[CH3-].[CH3-].[CH3-].[CH3-].[CH3-].[CH3-].[CH3-].[CH3-].[CH3-].[CH3-].[CH3-].[Hf+4].[Hf+4].[Hf+4]. The van der Waals surface area contributed by atoms with E-state index in [-0.39, 0.29) is 188 Å². The van der Waals surface area contributed by atoms with Gasteiger partial charge in [-0.1, -0.05) is 383 Å². The van der Waals surface area contributed by atoms with Crippen LogP contribution in [0.25, 0.3) is 0 Å². The van der Waals surface area contributed by atoms with Crippen molar-refractivity contribution in [1.82, 2.24) is 0 Å². The van der Waals surface area contributed by atoms with Crippen LogP contribution in [0.15, 0.2) is 200 Å². The van der Waals surface area contributed by atoms with Crippen LogP contribution in [0.5, 0.6) is 0 Å². The fourth-order valence-corrected chi connectivity index (χ4v) is 58.6. The zero-order chi connectivity index (χ0) is 91.8. The monoisotopic (exact) mass is 2490 g/mol. The first kappa shape index (κ1) is 134. The van der Waals surface area contributed by atoms with Crippen molar-refractivity contribution in [3.05, 3.63) is 290 Å². The van der Waals surface area contributed by atoms with Crippen molar-refractivity contribution < 1.29 is 77.5 Å². The summed E-state index contributed by atoms with van der Waals surface area (Å²) in [5.74, 6) is 13.7. The maximum Gasteiger partial charge on any atom is 4.00 e. The molecule has 0 amide bonds. The maximum absolute atomic E-state index is 2.95. The maximum atomic E-state index is 2.95. The number of rotatable bonds is 8. The summed E-state index contributed by atoms with van der Waals surface area (Å²) in [6, 6.07) is 27.7. The van der Waals surface area contributed by atoms with Gasteiger partial charge < -0.3 is 89.1 Å². The Morgan fingerprint density at radius 1 is 0.217 bits per heavy atom. The zero-order valence-corrected chi connectivity index (χ0v) is 115. The molecule has 12 saturated carbocycles. The van der Waals surface area contributed by atoms with Crippen LogP contribution in [0.1, 0.15) is 330 Å². The summed E-state index contributed by atoms with van der Waals surface area (Å²) in [7, 11) is -5.50. The molecule has 2 aromatic rings. The van der Waals surface area contributed by atoms with Gasteiger partial charge in [-0.3, -0.25) is 0 Å². The molecule has 2 aromatic carbocycles. The van der Waals surface area contributed by atoms with Crippen LogP contribution >= 0.6 is 0 Å². The van der Waals surface area contributed by atoms with E-state index in [4.69, 9.17) is 0 Å². The number of allylic oxidation sites excluding steroid dienone is 24. The largest absolute Gasteiger partial charge is 4.00 e. The smallest absolute Gasteiger partial charge is 0.358 e. The van der Waals surface area contributed by atoms with Crippen LogP contribution in [0.2, 0.25) is 58.4 Å². The Labute approximate surface area is 952 Å². The minimum absolute atomic E-state index is 0. The molecule has 0 bridgehead atoms. The summed E-state index contributed by atoms with van der Waals surface area (Å²) in [4.78, 5) is 0. The first-order valence-electron chi connectivity index (χ1n) is 54.3. The zero-order valence-electron chi connectivity index (χ0n) is 101. The van der Waals surface area contributed by atoms with E-state index in [1.54, 1.807) is 89.3 Å². The molecule has 13 fully saturated rings. The molecule has 24 atom stereocenters. The van der Waals surface area contributed by atoms with Crippen LogP contribution in [0.3, 0.4) is 0 Å². The number of hydrogen-bond acceptors (Lipinski definition) is 0. The van der Waals surface area contributed by atoms with Gasteiger partial charge in [-0.05, 0) is 387 Å². The number of hydrogen-bond donors (Lipinski definition) is 0. The van der Waals surface area contributed by atoms with Gasteiger partial charge in [-0.2, -0.15) is 0 Å². The van der Waals surface area contributed by atoms with E-state index in [0.717, 1.165) is 93.2 Å². The molecule has 143 heavy (non-hydrogen) atoms. The van der Waals surface area contributed by atoms with Crippen molar-refractivity contribution in [3.63, 3.8) is 0 Å². The summed E-state index contributed by atoms with van der Waals surface area (Å²) in [5.41, 5.74) is 29.6. The molecular weight excluding hydrogens is 2270 g/mol. The number of fused-ring (bicyclic) bond motifs is 12. The van der Waals surface area contributed by atoms with Crippen molar-refractivity contribution in [2.24, 2.45) is 172 Å². The molecular formula is C137H220Hf3Si3. The Morgan fingerprint density at radius 2 is 0.378 bits per heavy atom. The Bertz CT molecular complexity index is 4800. The van der Waals surface area contributed by atoms with E-state index in [2.05, 4.69) is 354 Å². The molecule has 1 aliphatic heterocycles. The fraction of sp³-hybridized carbons (Fsp3) is 0.650. The Kier molecular flexibility index (Phi) is 42.5. The summed E-state index contributed by atoms with van der Waals surface area (Å²) in [6.07, 6.45) is 60.4. The molecule has 0 spiro atoms. The third kappa shape index (κ3) is 21.7. The van der Waals surface area contributed by atoms with Gasteiger partial charge >= 0.3 is 77.5 Å². The molecule has 0 radical (unpaired) electrons. The molecule has 1 saturated heterocycles. The number of benzene rings is 2. The van der Waals surface area contributed by atoms with E-state index in [1.807, 2.05) is 0 Å². The second kappa shape index (κ2) is 45.4. The average molecular weight is 2490 g/mol. The molecule has 6 heteroatoms. The first-order chi connectivity index (χ1) is 59.5. The topological polar surface area (TPSA) is 0 Å². The second-order valence-electron chi connectivity index (χ2n) is 58.0. The minimum atomic E-state index is -2.45. The predicted octanol–water partition coefficient (Wildman–Crippen LogP) is 40.3. The van der Waals surface area contributed by atoms with E-state index >= 15 is 0 Å². The molecule has 0 nitrogen and oxygen atoms in total. The van der Waals surface area contributed by atoms with E-state index in [0.29, 0.717) is 89.9 Å². The molecule has 0 aromatic heterocycles. The van der Waals surface area contributed by atoms with Crippen molar-refractivity contribution in [1.29, 1.82) is 0 Å². The second-order valence-corrected chi connectivity index (χ2v) is 72.0. The molecule has 1 heterocycles. The van der Waals surface area contributed by atoms with E-state index in [9.17, 15) is 0 Å². The van der Waals surface area contributed by atoms with Crippen molar-refractivity contribution >= 4 is 34.6 Å². The summed E-state index contributed by atoms with van der Waals surface area (Å²) < 4.78 is 0. The van der Waals surface area contributed by atoms with Gasteiger partial charge in [-0.15, -0.1) is 0 Å². The Balaban J connectivity index is 0.000000428. The van der Waals surface area contributed by atoms with Gasteiger partial charge in [0.25, 0.3) is 0 Å². The quantitative estimate of drug-likeness (QED) is 0.183. The summed E-state index contributed by atoms with van der Waals surface area (Å²) >= 11 is 0. The molecule has 792 valence electrons. The van der Waals surface area contributed by atoms with Gasteiger partial charge in [0.1, 0.15) is 8.07 Å². The van der Waals surface area contributed by atoms with Crippen molar-refractivity contribution in [2.45, 2.75) is 388 Å². The summed E-state index contributed by atoms with van der Waals surface area (Å²) in [5, 5.41) is 3.40. The van der Waals surface area contributed by atoms with Gasteiger partial charge in [-0.25, -0.2) is 0 Å². The molecule has 24 unspecified atom stereocenters. The first-order valence-corrected chi connectivity index (χ1v) is 62.2. The molecule has 21 rings (SSSR count). The molecule has 0 N–H and O–H groups in total.